The molecule has 5 nitrogen and oxygen atoms in total. The number of sulfonamides is 1. The van der Waals surface area contributed by atoms with Crippen LogP contribution in [0, 0.1) is 0 Å². The summed E-state index contributed by atoms with van der Waals surface area (Å²) in [5, 5.41) is 0. The van der Waals surface area contributed by atoms with E-state index in [1.165, 1.54) is 11.4 Å². The van der Waals surface area contributed by atoms with Crippen LogP contribution in [0.3, 0.4) is 0 Å². The predicted molar refractivity (Wildman–Crippen MR) is 91.8 cm³/mol. The van der Waals surface area contributed by atoms with E-state index in [-0.39, 0.29) is 5.97 Å². The van der Waals surface area contributed by atoms with E-state index in [9.17, 15) is 13.2 Å². The normalized spacial score (nSPS) is 17.8. The fourth-order valence-corrected chi connectivity index (χ4v) is 4.32. The molecule has 0 atom stereocenters. The maximum atomic E-state index is 12.8. The Bertz CT molecular complexity index is 850. The molecule has 2 aliphatic rings. The van der Waals surface area contributed by atoms with E-state index in [4.69, 9.17) is 4.74 Å². The molecular weight excluding hydrogens is 326 g/mol. The SMILES string of the molecule is COC(=O)c1ccc2c(c1)CCN(S(=O)(=O)C1=CC=CCC=C1)C2. The molecule has 24 heavy (non-hydrogen) atoms. The summed E-state index contributed by atoms with van der Waals surface area (Å²) in [5.41, 5.74) is 2.41. The number of hydrogen-bond acceptors (Lipinski definition) is 4. The summed E-state index contributed by atoms with van der Waals surface area (Å²) in [6, 6.07) is 5.27. The lowest BCUT2D eigenvalue weighted by Crippen LogP contribution is -2.36. The maximum absolute atomic E-state index is 12.8. The van der Waals surface area contributed by atoms with Gasteiger partial charge in [0.25, 0.3) is 0 Å². The van der Waals surface area contributed by atoms with Crippen LogP contribution < -0.4 is 0 Å². The fraction of sp³-hybridized carbons (Fsp3) is 0.278. The molecule has 0 radical (unpaired) electrons. The van der Waals surface area contributed by atoms with Crippen LogP contribution in [0.25, 0.3) is 0 Å². The number of nitrogens with zero attached hydrogens (tertiary/aromatic N) is 1. The Morgan fingerprint density at radius 1 is 1.21 bits per heavy atom. The summed E-state index contributed by atoms with van der Waals surface area (Å²) in [5.74, 6) is -0.381. The number of hydrogen-bond donors (Lipinski definition) is 0. The van der Waals surface area contributed by atoms with Crippen LogP contribution in [0.1, 0.15) is 27.9 Å². The highest BCUT2D eigenvalue weighted by molar-refractivity contribution is 7.93. The lowest BCUT2D eigenvalue weighted by atomic mass is 9.98. The molecule has 1 aliphatic heterocycles. The van der Waals surface area contributed by atoms with Gasteiger partial charge in [-0.1, -0.05) is 24.3 Å². The van der Waals surface area contributed by atoms with Crippen LogP contribution in [0.15, 0.2) is 53.5 Å². The van der Waals surface area contributed by atoms with Gasteiger partial charge in [-0.15, -0.1) is 0 Å². The number of methoxy groups -OCH3 is 1. The van der Waals surface area contributed by atoms with E-state index in [0.717, 1.165) is 17.5 Å². The Labute approximate surface area is 142 Å². The predicted octanol–water partition coefficient (Wildman–Crippen LogP) is 2.56. The third-order valence-corrected chi connectivity index (χ3v) is 6.05. The zero-order chi connectivity index (χ0) is 17.2. The van der Waals surface area contributed by atoms with Crippen molar-refractivity contribution in [3.05, 3.63) is 70.2 Å². The lowest BCUT2D eigenvalue weighted by Gasteiger charge is -2.28. The van der Waals surface area contributed by atoms with Gasteiger partial charge >= 0.3 is 5.97 Å². The summed E-state index contributed by atoms with van der Waals surface area (Å²) in [6.07, 6.45) is 10.1. The molecule has 0 aromatic heterocycles. The highest BCUT2D eigenvalue weighted by Crippen LogP contribution is 2.26. The Balaban J connectivity index is 1.86. The maximum Gasteiger partial charge on any atom is 0.337 e. The van der Waals surface area contributed by atoms with Crippen molar-refractivity contribution in [2.45, 2.75) is 19.4 Å². The Hall–Kier alpha value is -2.18. The van der Waals surface area contributed by atoms with Crippen molar-refractivity contribution >= 4 is 16.0 Å². The van der Waals surface area contributed by atoms with Gasteiger partial charge in [0.2, 0.25) is 10.0 Å². The van der Waals surface area contributed by atoms with Crippen molar-refractivity contribution in [3.8, 4) is 0 Å². The molecule has 1 aromatic carbocycles. The van der Waals surface area contributed by atoms with Crippen molar-refractivity contribution in [2.24, 2.45) is 0 Å². The minimum atomic E-state index is -3.52. The Morgan fingerprint density at radius 2 is 2.04 bits per heavy atom. The smallest absolute Gasteiger partial charge is 0.337 e. The number of carbonyl (C=O) groups excluding carboxylic acids is 1. The Kier molecular flexibility index (Phi) is 4.69. The second-order valence-corrected chi connectivity index (χ2v) is 7.64. The number of rotatable bonds is 3. The van der Waals surface area contributed by atoms with Gasteiger partial charge in [-0.3, -0.25) is 0 Å². The average Bonchev–Trinajstić information content (AvgIpc) is 2.90. The van der Waals surface area contributed by atoms with Gasteiger partial charge in [-0.25, -0.2) is 13.2 Å². The standard InChI is InChI=1S/C18H19NO4S/c1-23-18(20)15-8-9-16-13-19(11-10-14(16)12-15)24(21,22)17-6-4-2-3-5-7-17/h2,4-9,12H,3,10-11,13H2,1H3. The fourth-order valence-electron chi connectivity index (χ4n) is 2.86. The summed E-state index contributed by atoms with van der Waals surface area (Å²) < 4.78 is 31.9. The minimum absolute atomic E-state index is 0.311. The third-order valence-electron chi connectivity index (χ3n) is 4.19. The van der Waals surface area contributed by atoms with Gasteiger partial charge in [0.1, 0.15) is 0 Å². The second kappa shape index (κ2) is 6.75. The van der Waals surface area contributed by atoms with E-state index < -0.39 is 10.0 Å². The second-order valence-electron chi connectivity index (χ2n) is 5.70. The van der Waals surface area contributed by atoms with E-state index >= 15 is 0 Å². The topological polar surface area (TPSA) is 63.7 Å². The van der Waals surface area contributed by atoms with Gasteiger partial charge in [-0.05, 0) is 48.3 Å². The first-order valence-corrected chi connectivity index (χ1v) is 9.20. The van der Waals surface area contributed by atoms with E-state index in [0.29, 0.717) is 30.0 Å². The third kappa shape index (κ3) is 3.20. The zero-order valence-corrected chi connectivity index (χ0v) is 14.3. The first-order chi connectivity index (χ1) is 11.5. The zero-order valence-electron chi connectivity index (χ0n) is 13.4. The molecule has 0 amide bonds. The van der Waals surface area contributed by atoms with Crippen molar-refractivity contribution in [1.82, 2.24) is 4.31 Å². The number of benzene rings is 1. The lowest BCUT2D eigenvalue weighted by molar-refractivity contribution is 0.0600. The van der Waals surface area contributed by atoms with Crippen LogP contribution in [0.5, 0.6) is 0 Å². The molecule has 0 bridgehead atoms. The van der Waals surface area contributed by atoms with Crippen LogP contribution in [0.4, 0.5) is 0 Å². The van der Waals surface area contributed by atoms with Gasteiger partial charge in [0.05, 0.1) is 17.6 Å². The molecule has 0 fully saturated rings. The van der Waals surface area contributed by atoms with E-state index in [1.807, 2.05) is 12.2 Å². The molecule has 0 unspecified atom stereocenters. The van der Waals surface area contributed by atoms with Crippen molar-refractivity contribution in [2.75, 3.05) is 13.7 Å². The molecule has 1 heterocycles. The number of carbonyl (C=O) groups is 1. The first-order valence-electron chi connectivity index (χ1n) is 7.76. The van der Waals surface area contributed by atoms with Gasteiger partial charge < -0.3 is 4.74 Å². The summed E-state index contributed by atoms with van der Waals surface area (Å²) in [4.78, 5) is 11.9. The van der Waals surface area contributed by atoms with Crippen molar-refractivity contribution in [3.63, 3.8) is 0 Å². The van der Waals surface area contributed by atoms with E-state index in [2.05, 4.69) is 0 Å². The quantitative estimate of drug-likeness (QED) is 0.790. The highest BCUT2D eigenvalue weighted by atomic mass is 32.2. The molecule has 0 spiro atoms. The molecule has 0 saturated heterocycles. The van der Waals surface area contributed by atoms with E-state index in [1.54, 1.807) is 36.4 Å². The molecule has 3 rings (SSSR count). The molecule has 0 N–H and O–H groups in total. The summed E-state index contributed by atoms with van der Waals surface area (Å²) in [7, 11) is -2.17. The molecule has 126 valence electrons. The minimum Gasteiger partial charge on any atom is -0.465 e. The molecular formula is C18H19NO4S. The number of ether oxygens (including phenoxy) is 1. The highest BCUT2D eigenvalue weighted by Gasteiger charge is 2.29. The van der Waals surface area contributed by atoms with Crippen LogP contribution in [-0.4, -0.2) is 32.3 Å². The van der Waals surface area contributed by atoms with Crippen molar-refractivity contribution in [1.29, 1.82) is 0 Å². The number of allylic oxidation sites excluding steroid dienone is 5. The molecule has 0 saturated carbocycles. The summed E-state index contributed by atoms with van der Waals surface area (Å²) in [6.45, 7) is 0.711. The Morgan fingerprint density at radius 3 is 2.83 bits per heavy atom. The number of fused-ring (bicyclic) bond motifs is 1. The average molecular weight is 345 g/mol. The van der Waals surface area contributed by atoms with Crippen molar-refractivity contribution < 1.29 is 17.9 Å². The van der Waals surface area contributed by atoms with Gasteiger partial charge in [-0.2, -0.15) is 4.31 Å². The largest absolute Gasteiger partial charge is 0.465 e. The number of esters is 1. The van der Waals surface area contributed by atoms with Gasteiger partial charge in [0, 0.05) is 13.1 Å². The monoisotopic (exact) mass is 345 g/mol. The van der Waals surface area contributed by atoms with Gasteiger partial charge in [0.15, 0.2) is 0 Å². The molecule has 6 heteroatoms. The first kappa shape index (κ1) is 16.7. The summed E-state index contributed by atoms with van der Waals surface area (Å²) >= 11 is 0. The van der Waals surface area contributed by atoms with Crippen LogP contribution in [0.2, 0.25) is 0 Å². The molecule has 1 aromatic rings. The van der Waals surface area contributed by atoms with Crippen LogP contribution >= 0.6 is 0 Å². The molecule has 1 aliphatic carbocycles. The van der Waals surface area contributed by atoms with Crippen LogP contribution in [-0.2, 0) is 27.7 Å².